The summed E-state index contributed by atoms with van der Waals surface area (Å²) in [4.78, 5) is 25.5. The SMILES string of the molecule is CCc1ccc(C(=O)NN(C(=O)c2cc(Cl)cc(Cl)c2)C(C)(C)C)c(F)c1. The number of hydrazine groups is 1. The van der Waals surface area contributed by atoms with Crippen LogP contribution < -0.4 is 5.43 Å². The van der Waals surface area contributed by atoms with Gasteiger partial charge in [0.1, 0.15) is 5.82 Å². The lowest BCUT2D eigenvalue weighted by atomic mass is 10.1. The molecule has 0 saturated carbocycles. The number of benzene rings is 2. The quantitative estimate of drug-likeness (QED) is 0.699. The van der Waals surface area contributed by atoms with Gasteiger partial charge in [-0.25, -0.2) is 9.40 Å². The number of halogens is 3. The molecule has 2 aromatic rings. The highest BCUT2D eigenvalue weighted by Gasteiger charge is 2.30. The van der Waals surface area contributed by atoms with E-state index in [1.54, 1.807) is 26.8 Å². The second kappa shape index (κ2) is 8.28. The van der Waals surface area contributed by atoms with Crippen molar-refractivity contribution in [3.05, 3.63) is 69.0 Å². The summed E-state index contributed by atoms with van der Waals surface area (Å²) in [5.41, 5.74) is 2.58. The van der Waals surface area contributed by atoms with Gasteiger partial charge in [0.25, 0.3) is 11.8 Å². The Bertz CT molecular complexity index is 859. The minimum atomic E-state index is -0.776. The standard InChI is InChI=1S/C20H21Cl2FN2O2/c1-5-12-6-7-16(17(23)8-12)18(26)24-25(20(2,3)4)19(27)13-9-14(21)11-15(22)10-13/h6-11H,5H2,1-4H3,(H,24,26). The molecule has 0 aromatic heterocycles. The highest BCUT2D eigenvalue weighted by molar-refractivity contribution is 6.35. The molecule has 0 fully saturated rings. The van der Waals surface area contributed by atoms with Crippen molar-refractivity contribution in [2.24, 2.45) is 0 Å². The number of carbonyl (C=O) groups is 2. The van der Waals surface area contributed by atoms with Crippen molar-refractivity contribution in [2.75, 3.05) is 0 Å². The zero-order chi connectivity index (χ0) is 20.4. The Hall–Kier alpha value is -2.11. The fourth-order valence-corrected chi connectivity index (χ4v) is 2.98. The lowest BCUT2D eigenvalue weighted by Crippen LogP contribution is -2.56. The van der Waals surface area contributed by atoms with Gasteiger partial charge >= 0.3 is 0 Å². The van der Waals surface area contributed by atoms with E-state index in [9.17, 15) is 14.0 Å². The van der Waals surface area contributed by atoms with Crippen LogP contribution in [0.4, 0.5) is 4.39 Å². The van der Waals surface area contributed by atoms with Gasteiger partial charge in [-0.3, -0.25) is 15.0 Å². The summed E-state index contributed by atoms with van der Waals surface area (Å²) in [7, 11) is 0. The van der Waals surface area contributed by atoms with E-state index in [2.05, 4.69) is 5.43 Å². The Balaban J connectivity index is 2.34. The first-order valence-electron chi connectivity index (χ1n) is 8.43. The molecule has 0 atom stereocenters. The van der Waals surface area contributed by atoms with Crippen molar-refractivity contribution in [2.45, 2.75) is 39.7 Å². The van der Waals surface area contributed by atoms with E-state index in [1.165, 1.54) is 30.3 Å². The molecule has 0 aliphatic carbocycles. The fourth-order valence-electron chi connectivity index (χ4n) is 2.45. The Morgan fingerprint density at radius 3 is 2.15 bits per heavy atom. The molecule has 0 spiro atoms. The number of amides is 2. The maximum atomic E-state index is 14.3. The first kappa shape index (κ1) is 21.2. The first-order valence-corrected chi connectivity index (χ1v) is 9.18. The van der Waals surface area contributed by atoms with E-state index in [0.717, 1.165) is 10.6 Å². The van der Waals surface area contributed by atoms with E-state index in [1.807, 2.05) is 6.92 Å². The van der Waals surface area contributed by atoms with Gasteiger partial charge < -0.3 is 0 Å². The van der Waals surface area contributed by atoms with E-state index in [0.29, 0.717) is 16.5 Å². The van der Waals surface area contributed by atoms with Gasteiger partial charge in [0.2, 0.25) is 0 Å². The molecule has 0 unspecified atom stereocenters. The second-order valence-corrected chi connectivity index (χ2v) is 7.95. The molecule has 2 aromatic carbocycles. The molecule has 0 saturated heterocycles. The minimum absolute atomic E-state index is 0.140. The summed E-state index contributed by atoms with van der Waals surface area (Å²) in [5.74, 6) is -1.86. The molecule has 2 rings (SSSR count). The van der Waals surface area contributed by atoms with Crippen LogP contribution >= 0.6 is 23.2 Å². The topological polar surface area (TPSA) is 49.4 Å². The molecule has 0 aliphatic heterocycles. The van der Waals surface area contributed by atoms with Crippen molar-refractivity contribution in [3.63, 3.8) is 0 Å². The predicted octanol–water partition coefficient (Wildman–Crippen LogP) is 5.28. The Kier molecular flexibility index (Phi) is 6.50. The molecule has 0 bridgehead atoms. The Morgan fingerprint density at radius 2 is 1.67 bits per heavy atom. The number of hydrogen-bond donors (Lipinski definition) is 1. The van der Waals surface area contributed by atoms with Crippen LogP contribution in [0, 0.1) is 5.82 Å². The fraction of sp³-hybridized carbons (Fsp3) is 0.300. The van der Waals surface area contributed by atoms with Crippen LogP contribution in [-0.4, -0.2) is 22.4 Å². The molecule has 7 heteroatoms. The monoisotopic (exact) mass is 410 g/mol. The predicted molar refractivity (Wildman–Crippen MR) is 106 cm³/mol. The molecule has 4 nitrogen and oxygen atoms in total. The van der Waals surface area contributed by atoms with Gasteiger partial charge in [-0.05, 0) is 63.1 Å². The number of hydrogen-bond acceptors (Lipinski definition) is 2. The van der Waals surface area contributed by atoms with Crippen LogP contribution in [0.1, 0.15) is 54.0 Å². The van der Waals surface area contributed by atoms with E-state index < -0.39 is 23.2 Å². The van der Waals surface area contributed by atoms with Gasteiger partial charge in [0, 0.05) is 15.6 Å². The molecule has 144 valence electrons. The van der Waals surface area contributed by atoms with E-state index in [4.69, 9.17) is 23.2 Å². The van der Waals surface area contributed by atoms with E-state index >= 15 is 0 Å². The van der Waals surface area contributed by atoms with Gasteiger partial charge in [0.15, 0.2) is 0 Å². The molecule has 1 N–H and O–H groups in total. The molecule has 2 amide bonds. The molecule has 0 radical (unpaired) electrons. The van der Waals surface area contributed by atoms with Crippen LogP contribution in [0.3, 0.4) is 0 Å². The van der Waals surface area contributed by atoms with Crippen LogP contribution in [0.25, 0.3) is 0 Å². The lowest BCUT2D eigenvalue weighted by molar-refractivity contribution is 0.0357. The normalized spacial score (nSPS) is 11.2. The maximum absolute atomic E-state index is 14.3. The Morgan fingerprint density at radius 1 is 1.07 bits per heavy atom. The number of aryl methyl sites for hydroxylation is 1. The summed E-state index contributed by atoms with van der Waals surface area (Å²) < 4.78 is 14.3. The van der Waals surface area contributed by atoms with Crippen molar-refractivity contribution in [1.29, 1.82) is 0 Å². The van der Waals surface area contributed by atoms with Crippen molar-refractivity contribution in [3.8, 4) is 0 Å². The third kappa shape index (κ3) is 5.21. The van der Waals surface area contributed by atoms with Crippen LogP contribution in [0.15, 0.2) is 36.4 Å². The van der Waals surface area contributed by atoms with E-state index in [-0.39, 0.29) is 11.1 Å². The maximum Gasteiger partial charge on any atom is 0.272 e. The summed E-state index contributed by atoms with van der Waals surface area (Å²) in [6, 6.07) is 8.82. The second-order valence-electron chi connectivity index (χ2n) is 7.08. The van der Waals surface area contributed by atoms with Crippen molar-refractivity contribution >= 4 is 35.0 Å². The third-order valence-corrected chi connectivity index (χ3v) is 4.32. The summed E-state index contributed by atoms with van der Waals surface area (Å²) in [6.07, 6.45) is 0.654. The third-order valence-electron chi connectivity index (χ3n) is 3.88. The summed E-state index contributed by atoms with van der Waals surface area (Å²) in [5, 5.41) is 1.74. The average Bonchev–Trinajstić information content (AvgIpc) is 2.56. The van der Waals surface area contributed by atoms with Crippen LogP contribution in [0.5, 0.6) is 0 Å². The van der Waals surface area contributed by atoms with Crippen molar-refractivity contribution in [1.82, 2.24) is 10.4 Å². The van der Waals surface area contributed by atoms with Gasteiger partial charge in [-0.15, -0.1) is 0 Å². The smallest absolute Gasteiger partial charge is 0.267 e. The zero-order valence-electron chi connectivity index (χ0n) is 15.6. The highest BCUT2D eigenvalue weighted by Crippen LogP contribution is 2.23. The molecule has 27 heavy (non-hydrogen) atoms. The summed E-state index contributed by atoms with van der Waals surface area (Å²) in [6.45, 7) is 7.13. The Labute approximate surface area is 168 Å². The van der Waals surface area contributed by atoms with Gasteiger partial charge in [-0.2, -0.15) is 0 Å². The van der Waals surface area contributed by atoms with Crippen LogP contribution in [-0.2, 0) is 6.42 Å². The summed E-state index contributed by atoms with van der Waals surface area (Å²) >= 11 is 11.9. The molecular weight excluding hydrogens is 390 g/mol. The molecular formula is C20H21Cl2FN2O2. The molecule has 0 heterocycles. The van der Waals surface area contributed by atoms with Crippen LogP contribution in [0.2, 0.25) is 10.0 Å². The number of nitrogens with zero attached hydrogens (tertiary/aromatic N) is 1. The highest BCUT2D eigenvalue weighted by atomic mass is 35.5. The number of carbonyl (C=O) groups excluding carboxylic acids is 2. The lowest BCUT2D eigenvalue weighted by Gasteiger charge is -2.35. The average molecular weight is 411 g/mol. The van der Waals surface area contributed by atoms with Gasteiger partial charge in [-0.1, -0.05) is 36.2 Å². The number of nitrogens with one attached hydrogen (secondary N) is 1. The first-order chi connectivity index (χ1) is 12.5. The van der Waals surface area contributed by atoms with Gasteiger partial charge in [0.05, 0.1) is 11.1 Å². The number of rotatable bonds is 3. The minimum Gasteiger partial charge on any atom is -0.267 e. The van der Waals surface area contributed by atoms with Crippen molar-refractivity contribution < 1.29 is 14.0 Å². The largest absolute Gasteiger partial charge is 0.272 e. The molecule has 0 aliphatic rings. The zero-order valence-corrected chi connectivity index (χ0v) is 17.1.